The van der Waals surface area contributed by atoms with Gasteiger partial charge in [-0.3, -0.25) is 4.79 Å². The maximum absolute atomic E-state index is 12.2. The van der Waals surface area contributed by atoms with Crippen molar-refractivity contribution in [1.82, 2.24) is 20.3 Å². The van der Waals surface area contributed by atoms with Crippen LogP contribution in [0.25, 0.3) is 5.69 Å². The summed E-state index contributed by atoms with van der Waals surface area (Å²) in [5.41, 5.74) is 1.36. The molecule has 5 nitrogen and oxygen atoms in total. The van der Waals surface area contributed by atoms with Crippen LogP contribution in [0.1, 0.15) is 17.4 Å². The Hall–Kier alpha value is -2.01. The summed E-state index contributed by atoms with van der Waals surface area (Å²) in [6.45, 7) is 2.53. The fourth-order valence-electron chi connectivity index (χ4n) is 1.81. The highest BCUT2D eigenvalue weighted by Gasteiger charge is 2.20. The Balaban J connectivity index is 2.31. The first-order valence-electron chi connectivity index (χ1n) is 5.89. The van der Waals surface area contributed by atoms with Crippen molar-refractivity contribution in [3.8, 4) is 5.69 Å². The molecule has 1 aromatic carbocycles. The van der Waals surface area contributed by atoms with Crippen LogP contribution < -0.4 is 5.32 Å². The highest BCUT2D eigenvalue weighted by Crippen LogP contribution is 2.12. The number of benzene rings is 1. The lowest BCUT2D eigenvalue weighted by Gasteiger charge is -2.10. The molecule has 0 bridgehead atoms. The molecule has 1 unspecified atom stereocenters. The number of nitrogens with one attached hydrogen (secondary N) is 1. The van der Waals surface area contributed by atoms with Crippen molar-refractivity contribution >= 4 is 5.78 Å². The van der Waals surface area contributed by atoms with Crippen LogP contribution in [0.2, 0.25) is 0 Å². The fourth-order valence-corrected chi connectivity index (χ4v) is 1.81. The largest absolute Gasteiger partial charge is 0.319 e. The highest BCUT2D eigenvalue weighted by molar-refractivity contribution is 5.96. The normalized spacial score (nSPS) is 12.3. The van der Waals surface area contributed by atoms with Crippen molar-refractivity contribution in [2.24, 2.45) is 5.92 Å². The molecule has 1 aromatic heterocycles. The predicted molar refractivity (Wildman–Crippen MR) is 68.8 cm³/mol. The van der Waals surface area contributed by atoms with Crippen LogP contribution >= 0.6 is 0 Å². The predicted octanol–water partition coefficient (Wildman–Crippen LogP) is 1.31. The zero-order chi connectivity index (χ0) is 13.0. The minimum absolute atomic E-state index is 0.0400. The number of para-hydroxylation sites is 1. The number of carbonyl (C=O) groups is 1. The molecule has 1 atom stereocenters. The molecule has 0 aliphatic rings. The summed E-state index contributed by atoms with van der Waals surface area (Å²) in [4.78, 5) is 12.2. The van der Waals surface area contributed by atoms with Crippen molar-refractivity contribution in [2.75, 3.05) is 13.6 Å². The van der Waals surface area contributed by atoms with Gasteiger partial charge in [-0.25, -0.2) is 4.68 Å². The monoisotopic (exact) mass is 244 g/mol. The van der Waals surface area contributed by atoms with Crippen LogP contribution in [-0.2, 0) is 0 Å². The van der Waals surface area contributed by atoms with Gasteiger partial charge in [0.1, 0.15) is 5.69 Å². The number of rotatable bonds is 5. The maximum Gasteiger partial charge on any atom is 0.187 e. The molecule has 0 saturated carbocycles. The van der Waals surface area contributed by atoms with Crippen LogP contribution in [0.3, 0.4) is 0 Å². The van der Waals surface area contributed by atoms with E-state index in [-0.39, 0.29) is 11.7 Å². The third kappa shape index (κ3) is 2.46. The van der Waals surface area contributed by atoms with Crippen LogP contribution in [0.5, 0.6) is 0 Å². The smallest absolute Gasteiger partial charge is 0.187 e. The first-order valence-corrected chi connectivity index (χ1v) is 5.89. The first-order chi connectivity index (χ1) is 8.74. The second kappa shape index (κ2) is 5.55. The van der Waals surface area contributed by atoms with E-state index in [1.807, 2.05) is 44.3 Å². The second-order valence-electron chi connectivity index (χ2n) is 4.19. The number of hydrogen-bond acceptors (Lipinski definition) is 4. The summed E-state index contributed by atoms with van der Waals surface area (Å²) in [6, 6.07) is 9.53. The third-order valence-electron chi connectivity index (χ3n) is 2.76. The average molecular weight is 244 g/mol. The van der Waals surface area contributed by atoms with Gasteiger partial charge in [-0.15, -0.1) is 5.10 Å². The van der Waals surface area contributed by atoms with Crippen molar-refractivity contribution in [1.29, 1.82) is 0 Å². The summed E-state index contributed by atoms with van der Waals surface area (Å²) < 4.78 is 1.58. The van der Waals surface area contributed by atoms with Crippen molar-refractivity contribution in [3.63, 3.8) is 0 Å². The Morgan fingerprint density at radius 2 is 2.11 bits per heavy atom. The molecule has 0 saturated heterocycles. The van der Waals surface area contributed by atoms with Gasteiger partial charge < -0.3 is 5.32 Å². The van der Waals surface area contributed by atoms with Gasteiger partial charge in [0.05, 0.1) is 11.9 Å². The summed E-state index contributed by atoms with van der Waals surface area (Å²) >= 11 is 0. The Kier molecular flexibility index (Phi) is 3.84. The van der Waals surface area contributed by atoms with E-state index in [4.69, 9.17) is 0 Å². The molecular formula is C13H16N4O. The summed E-state index contributed by atoms with van der Waals surface area (Å²) in [5, 5.41) is 10.8. The lowest BCUT2D eigenvalue weighted by Crippen LogP contribution is -2.25. The topological polar surface area (TPSA) is 59.8 Å². The molecule has 5 heteroatoms. The molecule has 0 aliphatic heterocycles. The standard InChI is InChI=1S/C13H16N4O/c1-10(8-14-2)13(18)12-9-15-16-17(12)11-6-4-3-5-7-11/h3-7,9-10,14H,8H2,1-2H3. The second-order valence-corrected chi connectivity index (χ2v) is 4.19. The van der Waals surface area contributed by atoms with Crippen molar-refractivity contribution in [3.05, 3.63) is 42.2 Å². The zero-order valence-electron chi connectivity index (χ0n) is 10.5. The van der Waals surface area contributed by atoms with E-state index in [0.717, 1.165) is 5.69 Å². The molecule has 0 radical (unpaired) electrons. The molecular weight excluding hydrogens is 228 g/mol. The number of Topliss-reactive ketones (excluding diaryl/α,β-unsaturated/α-hetero) is 1. The minimum Gasteiger partial charge on any atom is -0.319 e. The highest BCUT2D eigenvalue weighted by atomic mass is 16.1. The van der Waals surface area contributed by atoms with E-state index in [1.54, 1.807) is 4.68 Å². The SMILES string of the molecule is CNCC(C)C(=O)c1cnnn1-c1ccccc1. The number of hydrogen-bond donors (Lipinski definition) is 1. The van der Waals surface area contributed by atoms with Gasteiger partial charge in [0.15, 0.2) is 5.78 Å². The Labute approximate surface area is 106 Å². The Bertz CT molecular complexity index is 521. The van der Waals surface area contributed by atoms with E-state index in [0.29, 0.717) is 12.2 Å². The molecule has 2 rings (SSSR count). The molecule has 0 spiro atoms. The molecule has 94 valence electrons. The maximum atomic E-state index is 12.2. The molecule has 18 heavy (non-hydrogen) atoms. The van der Waals surface area contributed by atoms with Crippen molar-refractivity contribution in [2.45, 2.75) is 6.92 Å². The van der Waals surface area contributed by atoms with Crippen LogP contribution in [-0.4, -0.2) is 34.4 Å². The molecule has 0 amide bonds. The van der Waals surface area contributed by atoms with Gasteiger partial charge in [0.25, 0.3) is 0 Å². The van der Waals surface area contributed by atoms with Crippen LogP contribution in [0, 0.1) is 5.92 Å². The minimum atomic E-state index is -0.101. The zero-order valence-corrected chi connectivity index (χ0v) is 10.5. The van der Waals surface area contributed by atoms with E-state index in [1.165, 1.54) is 6.20 Å². The Morgan fingerprint density at radius 1 is 1.39 bits per heavy atom. The number of ketones is 1. The summed E-state index contributed by atoms with van der Waals surface area (Å²) in [5.74, 6) is -0.0610. The molecule has 1 heterocycles. The van der Waals surface area contributed by atoms with E-state index < -0.39 is 0 Å². The van der Waals surface area contributed by atoms with E-state index in [2.05, 4.69) is 15.6 Å². The van der Waals surface area contributed by atoms with E-state index in [9.17, 15) is 4.79 Å². The molecule has 2 aromatic rings. The summed E-state index contributed by atoms with van der Waals surface area (Å²) in [7, 11) is 1.83. The third-order valence-corrected chi connectivity index (χ3v) is 2.76. The number of nitrogens with zero attached hydrogens (tertiary/aromatic N) is 3. The molecule has 0 fully saturated rings. The number of aromatic nitrogens is 3. The summed E-state index contributed by atoms with van der Waals surface area (Å²) in [6.07, 6.45) is 1.52. The van der Waals surface area contributed by atoms with Gasteiger partial charge in [-0.2, -0.15) is 0 Å². The van der Waals surface area contributed by atoms with Gasteiger partial charge >= 0.3 is 0 Å². The first kappa shape index (κ1) is 12.4. The van der Waals surface area contributed by atoms with Crippen LogP contribution in [0.15, 0.2) is 36.5 Å². The molecule has 0 aliphatic carbocycles. The fraction of sp³-hybridized carbons (Fsp3) is 0.308. The lowest BCUT2D eigenvalue weighted by molar-refractivity contribution is 0.0922. The lowest BCUT2D eigenvalue weighted by atomic mass is 10.0. The quantitative estimate of drug-likeness (QED) is 0.805. The average Bonchev–Trinajstić information content (AvgIpc) is 2.88. The number of carbonyl (C=O) groups excluding carboxylic acids is 1. The Morgan fingerprint density at radius 3 is 2.78 bits per heavy atom. The van der Waals surface area contributed by atoms with Gasteiger partial charge in [0, 0.05) is 12.5 Å². The van der Waals surface area contributed by atoms with Crippen LogP contribution in [0.4, 0.5) is 0 Å². The molecule has 1 N–H and O–H groups in total. The van der Waals surface area contributed by atoms with Gasteiger partial charge in [-0.05, 0) is 19.2 Å². The van der Waals surface area contributed by atoms with Gasteiger partial charge in [0.2, 0.25) is 0 Å². The van der Waals surface area contributed by atoms with Gasteiger partial charge in [-0.1, -0.05) is 30.3 Å². The van der Waals surface area contributed by atoms with E-state index >= 15 is 0 Å². The van der Waals surface area contributed by atoms with Crippen molar-refractivity contribution < 1.29 is 4.79 Å².